The molecule has 18 heavy (non-hydrogen) atoms. The van der Waals surface area contributed by atoms with Gasteiger partial charge in [0.25, 0.3) is 0 Å². The van der Waals surface area contributed by atoms with E-state index in [1.807, 2.05) is 0 Å². The third-order valence-electron chi connectivity index (χ3n) is 2.02. The molecule has 0 unspecified atom stereocenters. The first-order valence-electron chi connectivity index (χ1n) is 4.87. The van der Waals surface area contributed by atoms with Gasteiger partial charge in [0.15, 0.2) is 0 Å². The van der Waals surface area contributed by atoms with Crippen LogP contribution in [-0.4, -0.2) is 11.5 Å². The quantitative estimate of drug-likeness (QED) is 0.200. The van der Waals surface area contributed by atoms with Crippen molar-refractivity contribution in [3.8, 4) is 0 Å². The van der Waals surface area contributed by atoms with E-state index in [0.29, 0.717) is 12.5 Å². The number of nitro benzene ring substituents is 1. The summed E-state index contributed by atoms with van der Waals surface area (Å²) in [4.78, 5) is 11.9. The lowest BCUT2D eigenvalue weighted by molar-refractivity contribution is -0.387. The second kappa shape index (κ2) is 6.31. The van der Waals surface area contributed by atoms with Gasteiger partial charge in [-0.1, -0.05) is 17.3 Å². The summed E-state index contributed by atoms with van der Waals surface area (Å²) in [5.74, 6) is -1.99. The minimum atomic E-state index is -1.10. The molecule has 0 aromatic heterocycles. The van der Waals surface area contributed by atoms with Crippen molar-refractivity contribution in [3.63, 3.8) is 0 Å². The summed E-state index contributed by atoms with van der Waals surface area (Å²) < 4.78 is 26.6. The molecule has 6 nitrogen and oxygen atoms in total. The van der Waals surface area contributed by atoms with Crippen LogP contribution in [-0.2, 0) is 0 Å². The number of hydrogen-bond acceptors (Lipinski definition) is 3. The van der Waals surface area contributed by atoms with Gasteiger partial charge in [-0.15, -0.1) is 0 Å². The Morgan fingerprint density at radius 2 is 2.17 bits per heavy atom. The maximum atomic E-state index is 13.4. The van der Waals surface area contributed by atoms with Crippen LogP contribution in [0.2, 0.25) is 0 Å². The highest BCUT2D eigenvalue weighted by Crippen LogP contribution is 2.22. The minimum absolute atomic E-state index is 0.0981. The van der Waals surface area contributed by atoms with Crippen molar-refractivity contribution in [3.05, 3.63) is 56.0 Å². The summed E-state index contributed by atoms with van der Waals surface area (Å²) in [5, 5.41) is 13.6. The molecule has 1 rings (SSSR count). The van der Waals surface area contributed by atoms with Crippen LogP contribution < -0.4 is 0 Å². The average molecular weight is 254 g/mol. The van der Waals surface area contributed by atoms with E-state index >= 15 is 0 Å². The molecule has 0 aliphatic heterocycles. The SMILES string of the molecule is [N-]=[N+]=NCCC=Cc1cc(F)c([N+](=O)[O-])cc1F. The third-order valence-corrected chi connectivity index (χ3v) is 2.02. The van der Waals surface area contributed by atoms with Crippen LogP contribution in [0.1, 0.15) is 12.0 Å². The summed E-state index contributed by atoms with van der Waals surface area (Å²) in [6.07, 6.45) is 3.12. The maximum Gasteiger partial charge on any atom is 0.307 e. The molecule has 0 aliphatic rings. The fraction of sp³-hybridized carbons (Fsp3) is 0.200. The summed E-state index contributed by atoms with van der Waals surface area (Å²) in [7, 11) is 0. The average Bonchev–Trinajstić information content (AvgIpc) is 2.32. The highest BCUT2D eigenvalue weighted by atomic mass is 19.1. The molecule has 0 N–H and O–H groups in total. The number of nitro groups is 1. The first kappa shape index (κ1) is 13.6. The Labute approximate surface area is 100 Å². The van der Waals surface area contributed by atoms with Gasteiger partial charge in [-0.3, -0.25) is 10.1 Å². The van der Waals surface area contributed by atoms with Gasteiger partial charge in [0, 0.05) is 17.0 Å². The second-order valence-corrected chi connectivity index (χ2v) is 3.23. The smallest absolute Gasteiger partial charge is 0.258 e. The largest absolute Gasteiger partial charge is 0.307 e. The number of benzene rings is 1. The number of rotatable bonds is 5. The number of nitrogens with zero attached hydrogens (tertiary/aromatic N) is 4. The van der Waals surface area contributed by atoms with E-state index < -0.39 is 22.2 Å². The van der Waals surface area contributed by atoms with Gasteiger partial charge in [-0.05, 0) is 18.0 Å². The van der Waals surface area contributed by atoms with Crippen molar-refractivity contribution in [1.82, 2.24) is 0 Å². The van der Waals surface area contributed by atoms with Gasteiger partial charge in [-0.25, -0.2) is 4.39 Å². The summed E-state index contributed by atoms with van der Waals surface area (Å²) in [6, 6.07) is 1.28. The van der Waals surface area contributed by atoms with Gasteiger partial charge in [0.05, 0.1) is 11.0 Å². The zero-order valence-corrected chi connectivity index (χ0v) is 9.08. The van der Waals surface area contributed by atoms with Gasteiger partial charge < -0.3 is 0 Å². The van der Waals surface area contributed by atoms with Crippen molar-refractivity contribution < 1.29 is 13.7 Å². The minimum Gasteiger partial charge on any atom is -0.258 e. The van der Waals surface area contributed by atoms with Crippen LogP contribution in [0.5, 0.6) is 0 Å². The van der Waals surface area contributed by atoms with E-state index in [0.717, 1.165) is 6.07 Å². The van der Waals surface area contributed by atoms with Crippen LogP contribution in [0.3, 0.4) is 0 Å². The molecule has 0 heterocycles. The van der Waals surface area contributed by atoms with Crippen LogP contribution in [0, 0.1) is 21.7 Å². The fourth-order valence-corrected chi connectivity index (χ4v) is 1.21. The predicted octanol–water partition coefficient (Wildman–Crippen LogP) is 3.59. The number of azide groups is 1. The monoisotopic (exact) mass is 254 g/mol. The molecule has 0 bridgehead atoms. The zero-order valence-electron chi connectivity index (χ0n) is 9.08. The van der Waals surface area contributed by atoms with Crippen molar-refractivity contribution in [2.75, 3.05) is 6.54 Å². The van der Waals surface area contributed by atoms with Gasteiger partial charge in [0.1, 0.15) is 5.82 Å². The van der Waals surface area contributed by atoms with Crippen LogP contribution >= 0.6 is 0 Å². The van der Waals surface area contributed by atoms with E-state index in [9.17, 15) is 18.9 Å². The number of halogens is 2. The predicted molar refractivity (Wildman–Crippen MR) is 60.7 cm³/mol. The van der Waals surface area contributed by atoms with Crippen LogP contribution in [0.25, 0.3) is 16.5 Å². The van der Waals surface area contributed by atoms with E-state index in [-0.39, 0.29) is 12.1 Å². The molecule has 0 radical (unpaired) electrons. The molecule has 0 atom stereocenters. The first-order chi connectivity index (χ1) is 8.56. The lowest BCUT2D eigenvalue weighted by Crippen LogP contribution is -1.95. The standard InChI is InChI=1S/C10H8F2N4O2/c11-8-6-10(16(17)18)9(12)5-7(8)3-1-2-4-14-15-13/h1,3,5-6H,2,4H2. The highest BCUT2D eigenvalue weighted by molar-refractivity contribution is 5.53. The molecule has 1 aromatic carbocycles. The lowest BCUT2D eigenvalue weighted by atomic mass is 10.1. The lowest BCUT2D eigenvalue weighted by Gasteiger charge is -1.98. The van der Waals surface area contributed by atoms with Crippen molar-refractivity contribution in [1.29, 1.82) is 0 Å². The fourth-order valence-electron chi connectivity index (χ4n) is 1.21. The molecular formula is C10H8F2N4O2. The topological polar surface area (TPSA) is 91.9 Å². The van der Waals surface area contributed by atoms with Gasteiger partial charge in [0.2, 0.25) is 5.82 Å². The maximum absolute atomic E-state index is 13.4. The molecule has 94 valence electrons. The molecule has 0 amide bonds. The molecule has 0 fully saturated rings. The zero-order chi connectivity index (χ0) is 13.5. The Morgan fingerprint density at radius 1 is 1.44 bits per heavy atom. The van der Waals surface area contributed by atoms with Crippen LogP contribution in [0.15, 0.2) is 23.3 Å². The van der Waals surface area contributed by atoms with Gasteiger partial charge in [-0.2, -0.15) is 4.39 Å². The van der Waals surface area contributed by atoms with Crippen molar-refractivity contribution in [2.24, 2.45) is 5.11 Å². The highest BCUT2D eigenvalue weighted by Gasteiger charge is 2.17. The molecule has 0 saturated heterocycles. The summed E-state index contributed by atoms with van der Waals surface area (Å²) in [5.41, 5.74) is 7.00. The van der Waals surface area contributed by atoms with E-state index in [2.05, 4.69) is 10.0 Å². The third kappa shape index (κ3) is 3.53. The van der Waals surface area contributed by atoms with E-state index in [1.54, 1.807) is 0 Å². The molecule has 8 heteroatoms. The van der Waals surface area contributed by atoms with E-state index in [1.165, 1.54) is 12.2 Å². The Kier molecular flexibility index (Phi) is 4.77. The molecular weight excluding hydrogens is 246 g/mol. The number of hydrogen-bond donors (Lipinski definition) is 0. The Balaban J connectivity index is 2.87. The Morgan fingerprint density at radius 3 is 2.78 bits per heavy atom. The Hall–Kier alpha value is -2.47. The van der Waals surface area contributed by atoms with E-state index in [4.69, 9.17) is 5.53 Å². The molecule has 0 aliphatic carbocycles. The summed E-state index contributed by atoms with van der Waals surface area (Å²) in [6.45, 7) is 0.198. The Bertz CT molecular complexity index is 539. The van der Waals surface area contributed by atoms with Crippen molar-refractivity contribution in [2.45, 2.75) is 6.42 Å². The normalized spacial score (nSPS) is 10.3. The summed E-state index contributed by atoms with van der Waals surface area (Å²) >= 11 is 0. The van der Waals surface area contributed by atoms with Crippen LogP contribution in [0.4, 0.5) is 14.5 Å². The van der Waals surface area contributed by atoms with Crippen molar-refractivity contribution >= 4 is 11.8 Å². The molecule has 1 aromatic rings. The second-order valence-electron chi connectivity index (χ2n) is 3.23. The molecule has 0 spiro atoms. The molecule has 0 saturated carbocycles. The van der Waals surface area contributed by atoms with Gasteiger partial charge >= 0.3 is 5.69 Å². The first-order valence-corrected chi connectivity index (χ1v) is 4.87.